The molecule has 22 heavy (non-hydrogen) atoms. The molecule has 0 aliphatic carbocycles. The normalized spacial score (nSPS) is 12.4. The first-order valence-electron chi connectivity index (χ1n) is 6.56. The third-order valence-electron chi connectivity index (χ3n) is 3.20. The molecule has 1 aromatic carbocycles. The van der Waals surface area contributed by atoms with Gasteiger partial charge in [0.2, 0.25) is 0 Å². The molecule has 0 aliphatic heterocycles. The van der Waals surface area contributed by atoms with Gasteiger partial charge < -0.3 is 15.5 Å². The van der Waals surface area contributed by atoms with E-state index in [2.05, 4.69) is 10.3 Å². The number of aliphatic hydroxyl groups is 1. The van der Waals surface area contributed by atoms with Gasteiger partial charge in [0.25, 0.3) is 0 Å². The molecule has 0 radical (unpaired) electrons. The van der Waals surface area contributed by atoms with Gasteiger partial charge >= 0.3 is 0 Å². The van der Waals surface area contributed by atoms with Gasteiger partial charge in [-0.1, -0.05) is 0 Å². The lowest BCUT2D eigenvalue weighted by atomic mass is 10.1. The Hall–Kier alpha value is -2.12. The first-order chi connectivity index (χ1) is 10.4. The number of pyridine rings is 1. The number of halogens is 3. The van der Waals surface area contributed by atoms with E-state index in [-0.39, 0.29) is 17.9 Å². The van der Waals surface area contributed by atoms with Crippen LogP contribution in [0.25, 0.3) is 0 Å². The van der Waals surface area contributed by atoms with Gasteiger partial charge in [-0.05, 0) is 36.8 Å². The molecular weight excluding hydrogens is 297 g/mol. The van der Waals surface area contributed by atoms with Gasteiger partial charge in [0.1, 0.15) is 5.75 Å². The van der Waals surface area contributed by atoms with Gasteiger partial charge in [-0.3, -0.25) is 4.98 Å². The summed E-state index contributed by atoms with van der Waals surface area (Å²) in [7, 11) is 0. The van der Waals surface area contributed by atoms with E-state index in [1.165, 1.54) is 6.07 Å². The van der Waals surface area contributed by atoms with Crippen molar-refractivity contribution in [1.82, 2.24) is 10.3 Å². The molecule has 3 N–H and O–H groups in total. The van der Waals surface area contributed by atoms with Gasteiger partial charge in [0, 0.05) is 12.2 Å². The Bertz CT molecular complexity index is 657. The molecule has 0 spiro atoms. The number of aromatic hydroxyl groups is 1. The number of benzene rings is 1. The zero-order valence-corrected chi connectivity index (χ0v) is 11.8. The van der Waals surface area contributed by atoms with E-state index in [0.717, 1.165) is 12.1 Å². The standard InChI is InChI=1S/C15H15F3N2O2/c1-8-2-3-14(22)12(20-8)6-19-13(7-21)9-4-10(16)15(18)11(17)5-9/h2-5,13,19,21-22H,6-7H2,1H3. The zero-order chi connectivity index (χ0) is 16.3. The van der Waals surface area contributed by atoms with Crippen molar-refractivity contribution in [1.29, 1.82) is 0 Å². The highest BCUT2D eigenvalue weighted by Gasteiger charge is 2.17. The summed E-state index contributed by atoms with van der Waals surface area (Å²) in [5, 5.41) is 21.8. The van der Waals surface area contributed by atoms with Crippen molar-refractivity contribution in [2.45, 2.75) is 19.5 Å². The van der Waals surface area contributed by atoms with Crippen LogP contribution in [0.15, 0.2) is 24.3 Å². The molecule has 7 heteroatoms. The molecule has 4 nitrogen and oxygen atoms in total. The van der Waals surface area contributed by atoms with Crippen LogP contribution in [0, 0.1) is 24.4 Å². The van der Waals surface area contributed by atoms with Gasteiger partial charge in [-0.2, -0.15) is 0 Å². The Morgan fingerprint density at radius 3 is 2.41 bits per heavy atom. The van der Waals surface area contributed by atoms with Crippen LogP contribution in [0.3, 0.4) is 0 Å². The van der Waals surface area contributed by atoms with Crippen molar-refractivity contribution in [2.75, 3.05) is 6.61 Å². The summed E-state index contributed by atoms with van der Waals surface area (Å²) < 4.78 is 39.4. The Balaban J connectivity index is 2.17. The topological polar surface area (TPSA) is 65.4 Å². The molecule has 0 bridgehead atoms. The van der Waals surface area contributed by atoms with Crippen LogP contribution in [0.5, 0.6) is 5.75 Å². The minimum absolute atomic E-state index is 0.0359. The largest absolute Gasteiger partial charge is 0.506 e. The monoisotopic (exact) mass is 312 g/mol. The van der Waals surface area contributed by atoms with Crippen LogP contribution in [0.2, 0.25) is 0 Å². The Kier molecular flexibility index (Phi) is 4.99. The van der Waals surface area contributed by atoms with Crippen LogP contribution in [-0.4, -0.2) is 21.8 Å². The maximum atomic E-state index is 13.2. The Labute approximate surface area is 125 Å². The van der Waals surface area contributed by atoms with Gasteiger partial charge in [-0.25, -0.2) is 13.2 Å². The van der Waals surface area contributed by atoms with Gasteiger partial charge in [0.05, 0.1) is 18.3 Å². The molecule has 1 atom stereocenters. The third-order valence-corrected chi connectivity index (χ3v) is 3.20. The maximum Gasteiger partial charge on any atom is 0.194 e. The predicted octanol–water partition coefficient (Wildman–Crippen LogP) is 2.34. The smallest absolute Gasteiger partial charge is 0.194 e. The summed E-state index contributed by atoms with van der Waals surface area (Å²) in [5.41, 5.74) is 1.08. The number of rotatable bonds is 5. The van der Waals surface area contributed by atoms with Crippen molar-refractivity contribution >= 4 is 0 Å². The lowest BCUT2D eigenvalue weighted by Gasteiger charge is -2.17. The van der Waals surface area contributed by atoms with E-state index >= 15 is 0 Å². The molecule has 0 fully saturated rings. The van der Waals surface area contributed by atoms with Crippen LogP contribution < -0.4 is 5.32 Å². The second kappa shape index (κ2) is 6.76. The van der Waals surface area contributed by atoms with E-state index in [1.54, 1.807) is 13.0 Å². The molecule has 118 valence electrons. The zero-order valence-electron chi connectivity index (χ0n) is 11.8. The molecule has 0 aliphatic rings. The van der Waals surface area contributed by atoms with E-state index in [9.17, 15) is 23.4 Å². The molecule has 1 aromatic heterocycles. The second-order valence-corrected chi connectivity index (χ2v) is 4.83. The van der Waals surface area contributed by atoms with Crippen LogP contribution >= 0.6 is 0 Å². The van der Waals surface area contributed by atoms with E-state index < -0.39 is 30.1 Å². The van der Waals surface area contributed by atoms with Gasteiger partial charge in [0.15, 0.2) is 17.5 Å². The average Bonchev–Trinajstić information content (AvgIpc) is 2.48. The predicted molar refractivity (Wildman–Crippen MR) is 73.6 cm³/mol. The molecule has 2 rings (SSSR count). The van der Waals surface area contributed by atoms with Crippen molar-refractivity contribution in [3.05, 3.63) is 58.7 Å². The fourth-order valence-corrected chi connectivity index (χ4v) is 2.02. The highest BCUT2D eigenvalue weighted by molar-refractivity contribution is 5.28. The SMILES string of the molecule is Cc1ccc(O)c(CNC(CO)c2cc(F)c(F)c(F)c2)n1. The highest BCUT2D eigenvalue weighted by atomic mass is 19.2. The molecule has 0 amide bonds. The summed E-state index contributed by atoms with van der Waals surface area (Å²) in [6.45, 7) is 1.35. The van der Waals surface area contributed by atoms with Crippen LogP contribution in [0.1, 0.15) is 23.0 Å². The van der Waals surface area contributed by atoms with Crippen molar-refractivity contribution < 1.29 is 23.4 Å². The van der Waals surface area contributed by atoms with E-state index in [4.69, 9.17) is 0 Å². The number of hydrogen-bond acceptors (Lipinski definition) is 4. The van der Waals surface area contributed by atoms with Crippen molar-refractivity contribution in [3.63, 3.8) is 0 Å². The minimum atomic E-state index is -1.56. The summed E-state index contributed by atoms with van der Waals surface area (Å²) >= 11 is 0. The molecule has 0 saturated heterocycles. The van der Waals surface area contributed by atoms with E-state index in [1.807, 2.05) is 0 Å². The Morgan fingerprint density at radius 1 is 1.18 bits per heavy atom. The number of aromatic nitrogens is 1. The number of hydrogen-bond donors (Lipinski definition) is 3. The van der Waals surface area contributed by atoms with Gasteiger partial charge in [-0.15, -0.1) is 0 Å². The fraction of sp³-hybridized carbons (Fsp3) is 0.267. The summed E-state index contributed by atoms with van der Waals surface area (Å²) in [6.07, 6.45) is 0. The highest BCUT2D eigenvalue weighted by Crippen LogP contribution is 2.21. The number of nitrogens with zero attached hydrogens (tertiary/aromatic N) is 1. The lowest BCUT2D eigenvalue weighted by molar-refractivity contribution is 0.242. The fourth-order valence-electron chi connectivity index (χ4n) is 2.02. The summed E-state index contributed by atoms with van der Waals surface area (Å²) in [5.74, 6) is -4.25. The third kappa shape index (κ3) is 3.55. The minimum Gasteiger partial charge on any atom is -0.506 e. The molecule has 1 heterocycles. The number of aliphatic hydroxyl groups excluding tert-OH is 1. The maximum absolute atomic E-state index is 13.2. The molecule has 2 aromatic rings. The molecular formula is C15H15F3N2O2. The molecule has 1 unspecified atom stereocenters. The first-order valence-corrected chi connectivity index (χ1v) is 6.56. The van der Waals surface area contributed by atoms with Crippen molar-refractivity contribution in [3.8, 4) is 5.75 Å². The van der Waals surface area contributed by atoms with Crippen LogP contribution in [-0.2, 0) is 6.54 Å². The summed E-state index contributed by atoms with van der Waals surface area (Å²) in [4.78, 5) is 4.12. The first kappa shape index (κ1) is 16.3. The quantitative estimate of drug-likeness (QED) is 0.742. The second-order valence-electron chi connectivity index (χ2n) is 4.83. The summed E-state index contributed by atoms with van der Waals surface area (Å²) in [6, 6.07) is 3.91. The van der Waals surface area contributed by atoms with Crippen LogP contribution in [0.4, 0.5) is 13.2 Å². The lowest BCUT2D eigenvalue weighted by Crippen LogP contribution is -2.25. The molecule has 0 saturated carbocycles. The number of nitrogens with one attached hydrogen (secondary N) is 1. The van der Waals surface area contributed by atoms with E-state index in [0.29, 0.717) is 11.4 Å². The average molecular weight is 312 g/mol. The van der Waals surface area contributed by atoms with Crippen molar-refractivity contribution in [2.24, 2.45) is 0 Å². The number of aryl methyl sites for hydroxylation is 1. The Morgan fingerprint density at radius 2 is 1.82 bits per heavy atom.